The van der Waals surface area contributed by atoms with Crippen LogP contribution in [0.2, 0.25) is 0 Å². The molecule has 6 heteroatoms. The van der Waals surface area contributed by atoms with Crippen LogP contribution in [0.15, 0.2) is 34.8 Å². The molecule has 0 amide bonds. The van der Waals surface area contributed by atoms with Gasteiger partial charge >= 0.3 is 0 Å². The lowest BCUT2D eigenvalue weighted by atomic mass is 10.2. The number of halogens is 1. The van der Waals surface area contributed by atoms with Gasteiger partial charge in [0, 0.05) is 29.8 Å². The number of benzene rings is 1. The number of hydrogen-bond donors (Lipinski definition) is 1. The molecule has 21 heavy (non-hydrogen) atoms. The Morgan fingerprint density at radius 2 is 2.00 bits per heavy atom. The summed E-state index contributed by atoms with van der Waals surface area (Å²) in [7, 11) is 1.62. The van der Waals surface area contributed by atoms with E-state index in [0.717, 1.165) is 22.4 Å². The van der Waals surface area contributed by atoms with E-state index in [1.54, 1.807) is 13.2 Å². The summed E-state index contributed by atoms with van der Waals surface area (Å²) in [5.41, 5.74) is 1.06. The third-order valence-corrected chi connectivity index (χ3v) is 3.49. The van der Waals surface area contributed by atoms with Gasteiger partial charge < -0.3 is 14.8 Å². The lowest BCUT2D eigenvalue weighted by Gasteiger charge is -2.10. The second-order valence-electron chi connectivity index (χ2n) is 4.35. The highest BCUT2D eigenvalue weighted by Gasteiger charge is 2.06. The van der Waals surface area contributed by atoms with Crippen molar-refractivity contribution in [2.45, 2.75) is 20.1 Å². The molecule has 1 N–H and O–H groups in total. The van der Waals surface area contributed by atoms with Gasteiger partial charge in [-0.05, 0) is 13.0 Å². The predicted octanol–water partition coefficient (Wildman–Crippen LogP) is 3.40. The Bertz CT molecular complexity index is 569. The van der Waals surface area contributed by atoms with Crippen LogP contribution in [0.25, 0.3) is 0 Å². The summed E-state index contributed by atoms with van der Waals surface area (Å²) in [6.45, 7) is 3.59. The van der Waals surface area contributed by atoms with Crippen LogP contribution in [0.5, 0.6) is 5.88 Å². The summed E-state index contributed by atoms with van der Waals surface area (Å²) >= 11 is 3.50. The molecule has 1 heterocycles. The van der Waals surface area contributed by atoms with Gasteiger partial charge in [-0.3, -0.25) is 0 Å². The molecule has 112 valence electrons. The molecule has 0 aliphatic carbocycles. The Morgan fingerprint density at radius 1 is 1.19 bits per heavy atom. The lowest BCUT2D eigenvalue weighted by molar-refractivity contribution is 0.176. The van der Waals surface area contributed by atoms with Gasteiger partial charge in [0.15, 0.2) is 5.82 Å². The molecule has 0 saturated heterocycles. The van der Waals surface area contributed by atoms with Crippen molar-refractivity contribution in [3.63, 3.8) is 0 Å². The zero-order valence-corrected chi connectivity index (χ0v) is 13.7. The second-order valence-corrected chi connectivity index (χ2v) is 5.21. The zero-order valence-electron chi connectivity index (χ0n) is 12.1. The molecule has 0 fully saturated rings. The smallest absolute Gasteiger partial charge is 0.219 e. The van der Waals surface area contributed by atoms with Gasteiger partial charge in [-0.25, -0.2) is 4.98 Å². The number of anilines is 1. The normalized spacial score (nSPS) is 10.4. The predicted molar refractivity (Wildman–Crippen MR) is 85.4 cm³/mol. The Hall–Kier alpha value is -1.66. The molecule has 5 nitrogen and oxygen atoms in total. The minimum absolute atomic E-state index is 0.352. The van der Waals surface area contributed by atoms with Gasteiger partial charge in [-0.15, -0.1) is 0 Å². The maximum atomic E-state index is 5.77. The minimum Gasteiger partial charge on any atom is -0.473 e. The van der Waals surface area contributed by atoms with Gasteiger partial charge in [0.05, 0.1) is 0 Å². The van der Waals surface area contributed by atoms with Crippen LogP contribution in [-0.2, 0) is 18.0 Å². The number of hydrogen-bond acceptors (Lipinski definition) is 5. The van der Waals surface area contributed by atoms with Crippen LogP contribution in [-0.4, -0.2) is 23.6 Å². The number of methoxy groups -OCH3 is 1. The van der Waals surface area contributed by atoms with Crippen LogP contribution in [0.3, 0.4) is 0 Å². The molecule has 0 unspecified atom stereocenters. The van der Waals surface area contributed by atoms with Crippen molar-refractivity contribution in [3.05, 3.63) is 46.2 Å². The van der Waals surface area contributed by atoms with Crippen LogP contribution < -0.4 is 10.1 Å². The number of ether oxygens (including phenoxy) is 2. The molecule has 1 aromatic heterocycles. The summed E-state index contributed by atoms with van der Waals surface area (Å²) in [6, 6.07) is 9.73. The molecule has 0 saturated carbocycles. The van der Waals surface area contributed by atoms with Crippen molar-refractivity contribution in [2.24, 2.45) is 0 Å². The fourth-order valence-electron chi connectivity index (χ4n) is 1.78. The van der Waals surface area contributed by atoms with E-state index >= 15 is 0 Å². The summed E-state index contributed by atoms with van der Waals surface area (Å²) in [5, 5.41) is 3.16. The fourth-order valence-corrected chi connectivity index (χ4v) is 2.18. The monoisotopic (exact) mass is 351 g/mol. The topological polar surface area (TPSA) is 56.3 Å². The van der Waals surface area contributed by atoms with E-state index in [0.29, 0.717) is 24.9 Å². The van der Waals surface area contributed by atoms with Crippen molar-refractivity contribution < 1.29 is 9.47 Å². The summed E-state index contributed by atoms with van der Waals surface area (Å²) in [5.74, 6) is 1.86. The van der Waals surface area contributed by atoms with Crippen LogP contribution in [0.1, 0.15) is 18.3 Å². The molecule has 2 aromatic rings. The molecule has 0 aliphatic heterocycles. The number of nitrogens with zero attached hydrogens (tertiary/aromatic N) is 2. The van der Waals surface area contributed by atoms with E-state index in [2.05, 4.69) is 31.2 Å². The summed E-state index contributed by atoms with van der Waals surface area (Å²) < 4.78 is 11.9. The van der Waals surface area contributed by atoms with Gasteiger partial charge in [-0.2, -0.15) is 4.98 Å². The van der Waals surface area contributed by atoms with Crippen LogP contribution in [0.4, 0.5) is 5.82 Å². The summed E-state index contributed by atoms with van der Waals surface area (Å²) in [4.78, 5) is 8.69. The third kappa shape index (κ3) is 4.68. The van der Waals surface area contributed by atoms with E-state index in [4.69, 9.17) is 9.47 Å². The van der Waals surface area contributed by atoms with Crippen molar-refractivity contribution in [1.29, 1.82) is 0 Å². The van der Waals surface area contributed by atoms with Crippen molar-refractivity contribution in [3.8, 4) is 5.88 Å². The van der Waals surface area contributed by atoms with Crippen LogP contribution in [0, 0.1) is 0 Å². The molecule has 0 bridgehead atoms. The highest BCUT2D eigenvalue weighted by atomic mass is 79.9. The average Bonchev–Trinajstić information content (AvgIpc) is 2.47. The van der Waals surface area contributed by atoms with Crippen molar-refractivity contribution in [1.82, 2.24) is 9.97 Å². The van der Waals surface area contributed by atoms with E-state index in [9.17, 15) is 0 Å². The molecular weight excluding hydrogens is 334 g/mol. The van der Waals surface area contributed by atoms with Crippen molar-refractivity contribution >= 4 is 21.7 Å². The van der Waals surface area contributed by atoms with Gasteiger partial charge in [0.2, 0.25) is 5.88 Å². The Kier molecular flexibility index (Phi) is 5.95. The Labute approximate surface area is 132 Å². The molecule has 0 atom stereocenters. The van der Waals surface area contributed by atoms with E-state index in [-0.39, 0.29) is 0 Å². The standard InChI is InChI=1S/C15H18BrN3O2/c1-3-17-13-8-15(19-14(18-13)10-20-2)21-9-11-6-4-5-7-12(11)16/h4-8H,3,9-10H2,1-2H3,(H,17,18,19). The lowest BCUT2D eigenvalue weighted by Crippen LogP contribution is -2.07. The first-order chi connectivity index (χ1) is 10.2. The largest absolute Gasteiger partial charge is 0.473 e. The summed E-state index contributed by atoms with van der Waals surface area (Å²) in [6.07, 6.45) is 0. The third-order valence-electron chi connectivity index (χ3n) is 2.71. The maximum absolute atomic E-state index is 5.77. The SMILES string of the molecule is CCNc1cc(OCc2ccccc2Br)nc(COC)n1. The average molecular weight is 352 g/mol. The second kappa shape index (κ2) is 7.95. The van der Waals surface area contributed by atoms with E-state index in [1.807, 2.05) is 31.2 Å². The molecule has 0 spiro atoms. The van der Waals surface area contributed by atoms with Gasteiger partial charge in [0.1, 0.15) is 19.0 Å². The quantitative estimate of drug-likeness (QED) is 0.828. The fraction of sp³-hybridized carbons (Fsp3) is 0.333. The molecule has 1 aromatic carbocycles. The van der Waals surface area contributed by atoms with Crippen LogP contribution >= 0.6 is 15.9 Å². The maximum Gasteiger partial charge on any atom is 0.219 e. The molecule has 0 aliphatic rings. The first-order valence-electron chi connectivity index (χ1n) is 6.70. The van der Waals surface area contributed by atoms with E-state index in [1.165, 1.54) is 0 Å². The highest BCUT2D eigenvalue weighted by Crippen LogP contribution is 2.19. The number of nitrogens with one attached hydrogen (secondary N) is 1. The zero-order chi connectivity index (χ0) is 15.1. The van der Waals surface area contributed by atoms with Crippen molar-refractivity contribution in [2.75, 3.05) is 19.0 Å². The Morgan fingerprint density at radius 3 is 2.71 bits per heavy atom. The molecule has 2 rings (SSSR count). The minimum atomic E-state index is 0.352. The highest BCUT2D eigenvalue weighted by molar-refractivity contribution is 9.10. The number of rotatable bonds is 7. The first-order valence-corrected chi connectivity index (χ1v) is 7.49. The van der Waals surface area contributed by atoms with E-state index < -0.39 is 0 Å². The molecule has 0 radical (unpaired) electrons. The first kappa shape index (κ1) is 15.7. The molecular formula is C15H18BrN3O2. The van der Waals surface area contributed by atoms with Gasteiger partial charge in [-0.1, -0.05) is 34.1 Å². The number of aromatic nitrogens is 2. The Balaban J connectivity index is 2.13. The van der Waals surface area contributed by atoms with Gasteiger partial charge in [0.25, 0.3) is 0 Å².